The van der Waals surface area contributed by atoms with Gasteiger partial charge in [0, 0.05) is 0 Å². The molecular weight excluding hydrogens is 567 g/mol. The Morgan fingerprint density at radius 2 is 0.500 bits per heavy atom. The van der Waals surface area contributed by atoms with E-state index in [1.165, 1.54) is 0 Å². The van der Waals surface area contributed by atoms with E-state index in [0.717, 1.165) is 0 Å². The molecule has 14 heavy (non-hydrogen) atoms. The quantitative estimate of drug-likeness (QED) is 0.202. The second-order valence-electron chi connectivity index (χ2n) is 0.750. The molecule has 0 N–H and O–H groups in total. The van der Waals surface area contributed by atoms with Crippen molar-refractivity contribution in [3.05, 3.63) is 0 Å². The third kappa shape index (κ3) is 331. The Labute approximate surface area is 141 Å². The third-order valence-electron chi connectivity index (χ3n) is 0. The molecule has 9 nitrogen and oxygen atoms in total. The predicted octanol–water partition coefficient (Wildman–Crippen LogP) is -5.71. The molecule has 0 atom stereocenters. The predicted molar refractivity (Wildman–Crippen MR) is 27.0 cm³/mol. The van der Waals surface area contributed by atoms with Crippen LogP contribution in [0.1, 0.15) is 0 Å². The van der Waals surface area contributed by atoms with Crippen molar-refractivity contribution < 1.29 is 119 Å². The van der Waals surface area contributed by atoms with Crippen molar-refractivity contribution in [2.45, 2.75) is 0 Å². The first-order chi connectivity index (χ1) is 5.20. The van der Waals surface area contributed by atoms with Gasteiger partial charge in [-0.1, -0.05) is 24.8 Å². The van der Waals surface area contributed by atoms with Gasteiger partial charge in [-0.25, -0.2) is 0 Å². The van der Waals surface area contributed by atoms with E-state index in [1.54, 1.807) is 0 Å². The summed E-state index contributed by atoms with van der Waals surface area (Å²) in [5, 5.41) is 0. The summed E-state index contributed by atoms with van der Waals surface area (Å²) in [6.45, 7) is 0. The van der Waals surface area contributed by atoms with Gasteiger partial charge in [0.05, 0.1) is 0 Å². The normalized spacial score (nSPS) is 7.50. The van der Waals surface area contributed by atoms with Crippen LogP contribution in [0.3, 0.4) is 0 Å². The molecule has 0 saturated carbocycles. The standard InChI is InChI=1S/2Ho.3H3O3P/c;;3*1-4(2)3/h;;3*4H,(H2,1,2,3)/q2*+3;;;/p-6. The van der Waals surface area contributed by atoms with Crippen LogP contribution in [0.5, 0.6) is 0 Å². The first-order valence-electron chi connectivity index (χ1n) is 1.84. The maximum absolute atomic E-state index is 8.52. The van der Waals surface area contributed by atoms with Crippen molar-refractivity contribution >= 4 is 24.8 Å². The van der Waals surface area contributed by atoms with E-state index in [1.807, 2.05) is 0 Å². The van der Waals surface area contributed by atoms with Crippen molar-refractivity contribution in [3.8, 4) is 0 Å². The Bertz CT molecular complexity index is 116. The zero-order valence-corrected chi connectivity index (χ0v) is 12.6. The largest absolute Gasteiger partial charge is 3.00 e. The molecule has 0 aromatic carbocycles. The Hall–Kier alpha value is 2.97. The van der Waals surface area contributed by atoms with Crippen LogP contribution in [-0.4, -0.2) is 0 Å². The molecule has 0 aliphatic rings. The molecule has 0 heterocycles. The van der Waals surface area contributed by atoms with Gasteiger partial charge in [-0.05, 0) is 0 Å². The Morgan fingerprint density at radius 1 is 0.500 bits per heavy atom. The first-order valence-corrected chi connectivity index (χ1v) is 5.51. The molecule has 14 heteroatoms. The van der Waals surface area contributed by atoms with Crippen LogP contribution in [0.4, 0.5) is 0 Å². The number of hydrogen-bond acceptors (Lipinski definition) is 9. The van der Waals surface area contributed by atoms with E-state index in [2.05, 4.69) is 0 Å². The topological polar surface area (TPSA) is 190 Å². The van der Waals surface area contributed by atoms with Crippen LogP contribution in [0, 0.1) is 75.5 Å². The second-order valence-corrected chi connectivity index (χ2v) is 2.25. The number of rotatable bonds is 0. The van der Waals surface area contributed by atoms with Crippen molar-refractivity contribution in [2.24, 2.45) is 0 Å². The minimum atomic E-state index is -3.63. The van der Waals surface area contributed by atoms with Crippen molar-refractivity contribution in [1.82, 2.24) is 0 Å². The molecule has 0 fully saturated rings. The van der Waals surface area contributed by atoms with Gasteiger partial charge in [0.1, 0.15) is 0 Å². The molecule has 0 bridgehead atoms. The van der Waals surface area contributed by atoms with E-state index in [9.17, 15) is 0 Å². The van der Waals surface area contributed by atoms with Crippen LogP contribution >= 0.6 is 24.8 Å². The molecule has 0 spiro atoms. The summed E-state index contributed by atoms with van der Waals surface area (Å²) in [4.78, 5) is 51.1. The van der Waals surface area contributed by atoms with Crippen LogP contribution in [0.2, 0.25) is 0 Å². The molecule has 0 saturated heterocycles. The van der Waals surface area contributed by atoms with Gasteiger partial charge < -0.3 is 43.1 Å². The fourth-order valence-electron chi connectivity index (χ4n) is 0. The molecule has 0 amide bonds. The summed E-state index contributed by atoms with van der Waals surface area (Å²) >= 11 is 0. The van der Waals surface area contributed by atoms with Crippen molar-refractivity contribution in [1.29, 1.82) is 0 Å². The zero-order valence-electron chi connectivity index (χ0n) is 5.78. The monoisotopic (exact) mass is 570 g/mol. The minimum Gasteiger partial charge on any atom is -0.813 e. The van der Waals surface area contributed by atoms with Gasteiger partial charge in [0.15, 0.2) is 0 Å². The Balaban J connectivity index is -0.0000000270. The van der Waals surface area contributed by atoms with Gasteiger partial charge in [-0.2, -0.15) is 0 Å². The summed E-state index contributed by atoms with van der Waals surface area (Å²) in [5.74, 6) is 0. The first kappa shape index (κ1) is 30.2. The SMILES string of the molecule is O=[PH]([O-])[O-].O=[PH]([O-])[O-].O=[PH]([O-])[O-].[Ho+3].[Ho+3]. The fourth-order valence-corrected chi connectivity index (χ4v) is 0. The van der Waals surface area contributed by atoms with Gasteiger partial charge >= 0.3 is 75.5 Å². The van der Waals surface area contributed by atoms with Crippen LogP contribution in [0.25, 0.3) is 0 Å². The molecular formula is H3Ho2O9P3. The Kier molecular flexibility index (Phi) is 53.9. The molecule has 0 unspecified atom stereocenters. The molecule has 0 aliphatic heterocycles. The van der Waals surface area contributed by atoms with E-state index in [4.69, 9.17) is 43.1 Å². The molecule has 94 valence electrons. The number of hydrogen-bond donors (Lipinski definition) is 0. The van der Waals surface area contributed by atoms with E-state index >= 15 is 0 Å². The van der Waals surface area contributed by atoms with E-state index in [0.29, 0.717) is 0 Å². The van der Waals surface area contributed by atoms with Gasteiger partial charge in [0.25, 0.3) is 0 Å². The summed E-state index contributed by atoms with van der Waals surface area (Å²) < 4.78 is 25.6. The molecule has 0 radical (unpaired) electrons. The van der Waals surface area contributed by atoms with E-state index < -0.39 is 24.8 Å². The van der Waals surface area contributed by atoms with Gasteiger partial charge in [-0.3, -0.25) is 0 Å². The molecule has 0 aromatic heterocycles. The summed E-state index contributed by atoms with van der Waals surface area (Å²) in [5.41, 5.74) is 0. The third-order valence-corrected chi connectivity index (χ3v) is 0. The smallest absolute Gasteiger partial charge is 0.813 e. The van der Waals surface area contributed by atoms with Crippen LogP contribution in [-0.2, 0) is 13.7 Å². The molecule has 0 aliphatic carbocycles. The van der Waals surface area contributed by atoms with E-state index in [-0.39, 0.29) is 75.5 Å². The van der Waals surface area contributed by atoms with Crippen molar-refractivity contribution in [3.63, 3.8) is 0 Å². The zero-order chi connectivity index (χ0) is 10.7. The molecule has 0 rings (SSSR count). The van der Waals surface area contributed by atoms with Gasteiger partial charge in [-0.15, -0.1) is 0 Å². The Morgan fingerprint density at radius 3 is 0.500 bits per heavy atom. The maximum atomic E-state index is 8.52. The van der Waals surface area contributed by atoms with Gasteiger partial charge in [0.2, 0.25) is 0 Å². The summed E-state index contributed by atoms with van der Waals surface area (Å²) in [6, 6.07) is 0. The second kappa shape index (κ2) is 25.0. The summed E-state index contributed by atoms with van der Waals surface area (Å²) in [7, 11) is -10.9. The van der Waals surface area contributed by atoms with Crippen LogP contribution < -0.4 is 29.4 Å². The fraction of sp³-hybridized carbons (Fsp3) is 0. The van der Waals surface area contributed by atoms with Crippen molar-refractivity contribution in [2.75, 3.05) is 0 Å². The van der Waals surface area contributed by atoms with Crippen LogP contribution in [0.15, 0.2) is 0 Å². The maximum Gasteiger partial charge on any atom is 3.00 e. The minimum absolute atomic E-state index is 0. The average molecular weight is 570 g/mol. The average Bonchev–Trinajstić information content (AvgIpc) is 1.54. The molecule has 0 aromatic rings. The summed E-state index contributed by atoms with van der Waals surface area (Å²) in [6.07, 6.45) is 0.